The molecule has 0 saturated heterocycles. The van der Waals surface area contributed by atoms with Crippen molar-refractivity contribution in [3.8, 4) is 28.5 Å². The number of hydrogen-bond donors (Lipinski definition) is 2. The third-order valence-corrected chi connectivity index (χ3v) is 5.25. The van der Waals surface area contributed by atoms with Gasteiger partial charge < -0.3 is 19.6 Å². The Morgan fingerprint density at radius 2 is 1.66 bits per heavy atom. The summed E-state index contributed by atoms with van der Waals surface area (Å²) in [4.78, 5) is 14.0. The number of aliphatic hydroxyl groups excluding tert-OH is 1. The number of ether oxygens (including phenoxy) is 1. The molecule has 0 aliphatic heterocycles. The lowest BCUT2D eigenvalue weighted by Gasteiger charge is -2.10. The van der Waals surface area contributed by atoms with E-state index in [-0.39, 0.29) is 6.61 Å². The van der Waals surface area contributed by atoms with Gasteiger partial charge in [0.1, 0.15) is 16.9 Å². The molecule has 7 heteroatoms. The first-order chi connectivity index (χ1) is 15.8. The Morgan fingerprint density at radius 1 is 0.875 bits per heavy atom. The maximum atomic E-state index is 9.13. The fourth-order valence-electron chi connectivity index (χ4n) is 3.65. The van der Waals surface area contributed by atoms with E-state index < -0.39 is 0 Å². The van der Waals surface area contributed by atoms with E-state index in [9.17, 15) is 0 Å². The summed E-state index contributed by atoms with van der Waals surface area (Å²) in [6.45, 7) is 0.644. The fourth-order valence-corrected chi connectivity index (χ4v) is 3.65. The van der Waals surface area contributed by atoms with E-state index in [0.29, 0.717) is 30.6 Å². The second kappa shape index (κ2) is 8.64. The maximum absolute atomic E-state index is 9.13. The monoisotopic (exact) mass is 426 g/mol. The van der Waals surface area contributed by atoms with Crippen molar-refractivity contribution in [1.29, 1.82) is 0 Å². The highest BCUT2D eigenvalue weighted by atomic mass is 16.5. The van der Waals surface area contributed by atoms with Crippen molar-refractivity contribution < 1.29 is 14.3 Å². The van der Waals surface area contributed by atoms with Crippen molar-refractivity contribution in [2.24, 2.45) is 0 Å². The molecule has 2 N–H and O–H groups in total. The summed E-state index contributed by atoms with van der Waals surface area (Å²) in [5, 5.41) is 14.4. The molecule has 3 aromatic carbocycles. The third-order valence-electron chi connectivity index (χ3n) is 5.25. The largest absolute Gasteiger partial charge is 0.497 e. The molecule has 2 heterocycles. The molecule has 160 valence electrons. The molecule has 32 heavy (non-hydrogen) atoms. The third kappa shape index (κ3) is 3.74. The molecule has 0 fully saturated rings. The summed E-state index contributed by atoms with van der Waals surface area (Å²) < 4.78 is 11.4. The number of anilines is 1. The zero-order valence-electron chi connectivity index (χ0n) is 17.6. The van der Waals surface area contributed by atoms with Crippen molar-refractivity contribution in [3.05, 3.63) is 66.7 Å². The van der Waals surface area contributed by atoms with Gasteiger partial charge in [-0.2, -0.15) is 9.97 Å². The summed E-state index contributed by atoms with van der Waals surface area (Å²) in [6.07, 6.45) is 0.595. The Kier molecular flexibility index (Phi) is 5.39. The van der Waals surface area contributed by atoms with Gasteiger partial charge in [0, 0.05) is 29.5 Å². The summed E-state index contributed by atoms with van der Waals surface area (Å²) in [7, 11) is 1.63. The van der Waals surface area contributed by atoms with Gasteiger partial charge in [0.05, 0.1) is 12.7 Å². The molecule has 0 aliphatic carbocycles. The standard InChI is InChI=1S/C25H22N4O3/c1-31-17-12-10-16(11-13-17)23-27-24(29-25(28-23)26-14-5-15-30)20-8-4-7-19-18-6-2-3-9-21(18)32-22(19)20/h2-4,6-13,30H,5,14-15H2,1H3,(H,26,27,28,29). The lowest BCUT2D eigenvalue weighted by molar-refractivity contribution is 0.292. The van der Waals surface area contributed by atoms with Gasteiger partial charge in [0.2, 0.25) is 5.95 Å². The van der Waals surface area contributed by atoms with Crippen LogP contribution in [0.5, 0.6) is 5.75 Å². The minimum atomic E-state index is 0.0918. The maximum Gasteiger partial charge on any atom is 0.226 e. The quantitative estimate of drug-likeness (QED) is 0.357. The van der Waals surface area contributed by atoms with E-state index >= 15 is 0 Å². The molecule has 0 bridgehead atoms. The molecule has 0 amide bonds. The normalized spacial score (nSPS) is 11.2. The molecule has 0 aliphatic rings. The first-order valence-corrected chi connectivity index (χ1v) is 10.4. The highest BCUT2D eigenvalue weighted by molar-refractivity contribution is 6.09. The number of para-hydroxylation sites is 2. The van der Waals surface area contributed by atoms with Crippen LogP contribution < -0.4 is 10.1 Å². The molecular weight excluding hydrogens is 404 g/mol. The SMILES string of the molecule is COc1ccc(-c2nc(NCCCO)nc(-c3cccc4c3oc3ccccc34)n2)cc1. The average Bonchev–Trinajstić information content (AvgIpc) is 3.23. The minimum Gasteiger partial charge on any atom is -0.497 e. The van der Waals surface area contributed by atoms with Gasteiger partial charge in [-0.1, -0.05) is 30.3 Å². The van der Waals surface area contributed by atoms with E-state index in [1.165, 1.54) is 0 Å². The zero-order chi connectivity index (χ0) is 21.9. The Labute approximate surface area is 184 Å². The Hall–Kier alpha value is -3.97. The number of aromatic nitrogens is 3. The van der Waals surface area contributed by atoms with E-state index in [2.05, 4.69) is 15.3 Å². The molecule has 2 aromatic heterocycles. The second-order valence-electron chi connectivity index (χ2n) is 7.32. The van der Waals surface area contributed by atoms with Crippen LogP contribution in [0.25, 0.3) is 44.7 Å². The molecule has 0 atom stereocenters. The van der Waals surface area contributed by atoms with Crippen LogP contribution in [0.3, 0.4) is 0 Å². The fraction of sp³-hybridized carbons (Fsp3) is 0.160. The van der Waals surface area contributed by atoms with Gasteiger partial charge >= 0.3 is 0 Å². The van der Waals surface area contributed by atoms with Crippen LogP contribution in [0.1, 0.15) is 6.42 Å². The molecule has 0 unspecified atom stereocenters. The average molecular weight is 426 g/mol. The number of furan rings is 1. The van der Waals surface area contributed by atoms with Gasteiger partial charge in [-0.3, -0.25) is 0 Å². The van der Waals surface area contributed by atoms with Crippen LogP contribution in [0.2, 0.25) is 0 Å². The molecule has 0 radical (unpaired) electrons. The molecule has 0 spiro atoms. The summed E-state index contributed by atoms with van der Waals surface area (Å²) in [5.41, 5.74) is 3.19. The van der Waals surface area contributed by atoms with Crippen molar-refractivity contribution >= 4 is 27.9 Å². The number of hydrogen-bond acceptors (Lipinski definition) is 7. The number of rotatable bonds is 7. The Balaban J connectivity index is 1.66. The first-order valence-electron chi connectivity index (χ1n) is 10.4. The number of nitrogens with one attached hydrogen (secondary N) is 1. The first kappa shape index (κ1) is 20.0. The Bertz CT molecular complexity index is 1380. The van der Waals surface area contributed by atoms with Gasteiger partial charge in [-0.15, -0.1) is 0 Å². The van der Waals surface area contributed by atoms with Gasteiger partial charge in [0.25, 0.3) is 0 Å². The number of methoxy groups -OCH3 is 1. The second-order valence-corrected chi connectivity index (χ2v) is 7.32. The van der Waals surface area contributed by atoms with Crippen LogP contribution in [0.4, 0.5) is 5.95 Å². The number of benzene rings is 3. The number of nitrogens with zero attached hydrogens (tertiary/aromatic N) is 3. The summed E-state index contributed by atoms with van der Waals surface area (Å²) in [5.74, 6) is 2.26. The highest BCUT2D eigenvalue weighted by Crippen LogP contribution is 2.35. The van der Waals surface area contributed by atoms with Crippen molar-refractivity contribution in [1.82, 2.24) is 15.0 Å². The lowest BCUT2D eigenvalue weighted by Crippen LogP contribution is -2.09. The molecular formula is C25H22N4O3. The zero-order valence-corrected chi connectivity index (χ0v) is 17.6. The van der Waals surface area contributed by atoms with Crippen molar-refractivity contribution in [2.45, 2.75) is 6.42 Å². The van der Waals surface area contributed by atoms with Crippen LogP contribution in [-0.2, 0) is 0 Å². The lowest BCUT2D eigenvalue weighted by atomic mass is 10.1. The summed E-state index contributed by atoms with van der Waals surface area (Å²) in [6, 6.07) is 21.5. The number of fused-ring (bicyclic) bond motifs is 3. The van der Waals surface area contributed by atoms with Gasteiger partial charge in [-0.05, 0) is 42.8 Å². The highest BCUT2D eigenvalue weighted by Gasteiger charge is 2.16. The van der Waals surface area contributed by atoms with Crippen LogP contribution >= 0.6 is 0 Å². The minimum absolute atomic E-state index is 0.0918. The molecule has 0 saturated carbocycles. The smallest absolute Gasteiger partial charge is 0.226 e. The van der Waals surface area contributed by atoms with Crippen LogP contribution in [-0.4, -0.2) is 40.3 Å². The Morgan fingerprint density at radius 3 is 2.47 bits per heavy atom. The predicted molar refractivity (Wildman–Crippen MR) is 125 cm³/mol. The van der Waals surface area contributed by atoms with E-state index in [1.807, 2.05) is 66.7 Å². The van der Waals surface area contributed by atoms with E-state index in [1.54, 1.807) is 7.11 Å². The van der Waals surface area contributed by atoms with E-state index in [0.717, 1.165) is 38.8 Å². The summed E-state index contributed by atoms with van der Waals surface area (Å²) >= 11 is 0. The molecule has 5 rings (SSSR count). The number of aliphatic hydroxyl groups is 1. The van der Waals surface area contributed by atoms with Gasteiger partial charge in [-0.25, -0.2) is 4.98 Å². The van der Waals surface area contributed by atoms with Gasteiger partial charge in [0.15, 0.2) is 11.6 Å². The molecule has 5 aromatic rings. The van der Waals surface area contributed by atoms with E-state index in [4.69, 9.17) is 19.2 Å². The molecule has 7 nitrogen and oxygen atoms in total. The van der Waals surface area contributed by atoms with Crippen LogP contribution in [0, 0.1) is 0 Å². The predicted octanol–water partition coefficient (Wildman–Crippen LogP) is 4.91. The van der Waals surface area contributed by atoms with Crippen molar-refractivity contribution in [3.63, 3.8) is 0 Å². The van der Waals surface area contributed by atoms with Crippen LogP contribution in [0.15, 0.2) is 71.1 Å². The van der Waals surface area contributed by atoms with Crippen molar-refractivity contribution in [2.75, 3.05) is 25.6 Å². The topological polar surface area (TPSA) is 93.3 Å².